The van der Waals surface area contributed by atoms with Crippen molar-refractivity contribution in [3.05, 3.63) is 24.3 Å². The van der Waals surface area contributed by atoms with Gasteiger partial charge in [-0.25, -0.2) is 17.6 Å². The molecule has 2 atom stereocenters. The third kappa shape index (κ3) is 34.3. The molecule has 5 nitrogen and oxygen atoms in total. The highest BCUT2D eigenvalue weighted by Gasteiger charge is 2.25. The van der Waals surface area contributed by atoms with E-state index in [4.69, 9.17) is 9.47 Å². The molecule has 9 heteroatoms. The Morgan fingerprint density at radius 1 is 0.547 bits per heavy atom. The van der Waals surface area contributed by atoms with Gasteiger partial charge >= 0.3 is 11.9 Å². The van der Waals surface area contributed by atoms with Gasteiger partial charge in [-0.1, -0.05) is 123 Å². The summed E-state index contributed by atoms with van der Waals surface area (Å²) in [5, 5.41) is 0. The molecule has 2 unspecified atom stereocenters. The molecular weight excluding hydrogens is 682 g/mol. The summed E-state index contributed by atoms with van der Waals surface area (Å²) in [6, 6.07) is 0. The fraction of sp³-hybridized carbons (Fsp3) is 0.864. The predicted octanol–water partition coefficient (Wildman–Crippen LogP) is 13.6. The van der Waals surface area contributed by atoms with Crippen molar-refractivity contribution in [2.75, 3.05) is 20.6 Å². The summed E-state index contributed by atoms with van der Waals surface area (Å²) in [7, 11) is 4.23. The second-order valence-corrected chi connectivity index (χ2v) is 15.7. The smallest absolute Gasteiger partial charge is 0.306 e. The van der Waals surface area contributed by atoms with Crippen molar-refractivity contribution in [1.82, 2.24) is 4.90 Å². The van der Waals surface area contributed by atoms with Gasteiger partial charge in [0, 0.05) is 25.7 Å². The van der Waals surface area contributed by atoms with E-state index in [-0.39, 0.29) is 24.8 Å². The monoisotopic (exact) mass is 762 g/mol. The first kappa shape index (κ1) is 51.1. The van der Waals surface area contributed by atoms with E-state index >= 15 is 0 Å². The van der Waals surface area contributed by atoms with Crippen LogP contribution in [0.2, 0.25) is 0 Å². The zero-order chi connectivity index (χ0) is 39.8. The standard InChI is InChI=1S/C44H79F4NO4/c1-7-9-23-33-43(45,46)35-31-38(3)52-41(50)29-21-15-11-13-18-26-40(28-20-17-25-37-49(5)6)27-19-14-12-16-22-30-42(51)53-39(4)32-36-44(47,48)34-24-10-8-2/h31-32,35-36,38-40H,7-30,33-34,37H2,1-6H3/b35-31-,36-32-. The van der Waals surface area contributed by atoms with Crippen molar-refractivity contribution in [3.8, 4) is 0 Å². The van der Waals surface area contributed by atoms with Crippen LogP contribution in [0, 0.1) is 5.92 Å². The van der Waals surface area contributed by atoms with Gasteiger partial charge in [-0.05, 0) is 96.8 Å². The molecule has 0 aliphatic rings. The van der Waals surface area contributed by atoms with Gasteiger partial charge in [0.2, 0.25) is 0 Å². The first-order valence-electron chi connectivity index (χ1n) is 21.4. The van der Waals surface area contributed by atoms with Crippen LogP contribution >= 0.6 is 0 Å². The quantitative estimate of drug-likeness (QED) is 0.0275. The molecule has 0 saturated carbocycles. The summed E-state index contributed by atoms with van der Waals surface area (Å²) in [6.45, 7) is 8.35. The largest absolute Gasteiger partial charge is 0.458 e. The lowest BCUT2D eigenvalue weighted by atomic mass is 9.89. The molecule has 0 rings (SSSR count). The highest BCUT2D eigenvalue weighted by molar-refractivity contribution is 5.70. The Hall–Kier alpha value is -1.90. The number of allylic oxidation sites excluding steroid dienone is 2. The number of hydrogen-bond donors (Lipinski definition) is 0. The Kier molecular flexibility index (Phi) is 31.2. The molecule has 0 amide bonds. The van der Waals surface area contributed by atoms with E-state index in [1.165, 1.54) is 63.5 Å². The van der Waals surface area contributed by atoms with Crippen LogP contribution in [0.15, 0.2) is 24.3 Å². The van der Waals surface area contributed by atoms with Crippen LogP contribution in [0.3, 0.4) is 0 Å². The number of nitrogens with zero attached hydrogens (tertiary/aromatic N) is 1. The van der Waals surface area contributed by atoms with E-state index in [1.807, 2.05) is 13.8 Å². The van der Waals surface area contributed by atoms with Gasteiger partial charge in [0.1, 0.15) is 12.2 Å². The molecular formula is C44H79F4NO4. The average molecular weight is 762 g/mol. The van der Waals surface area contributed by atoms with Gasteiger partial charge in [-0.2, -0.15) is 0 Å². The number of hydrogen-bond acceptors (Lipinski definition) is 5. The number of alkyl halides is 4. The third-order valence-corrected chi connectivity index (χ3v) is 9.79. The maximum atomic E-state index is 13.9. The Labute approximate surface area is 322 Å². The molecule has 0 saturated heterocycles. The molecule has 0 aromatic rings. The van der Waals surface area contributed by atoms with Crippen LogP contribution in [0.4, 0.5) is 17.6 Å². The second kappa shape index (κ2) is 32.4. The number of esters is 2. The first-order valence-corrected chi connectivity index (χ1v) is 21.4. The molecule has 0 radical (unpaired) electrons. The van der Waals surface area contributed by atoms with Crippen LogP contribution in [0.1, 0.15) is 195 Å². The molecule has 0 heterocycles. The highest BCUT2D eigenvalue weighted by Crippen LogP contribution is 2.26. The van der Waals surface area contributed by atoms with Gasteiger partial charge in [0.25, 0.3) is 11.8 Å². The molecule has 0 aromatic carbocycles. The summed E-state index contributed by atoms with van der Waals surface area (Å²) in [4.78, 5) is 26.6. The van der Waals surface area contributed by atoms with Crippen LogP contribution in [-0.2, 0) is 19.1 Å². The van der Waals surface area contributed by atoms with Crippen molar-refractivity contribution < 1.29 is 36.6 Å². The lowest BCUT2D eigenvalue weighted by molar-refractivity contribution is -0.147. The van der Waals surface area contributed by atoms with Crippen molar-refractivity contribution in [1.29, 1.82) is 0 Å². The number of carbonyl (C=O) groups is 2. The zero-order valence-corrected chi connectivity index (χ0v) is 34.7. The molecule has 0 N–H and O–H groups in total. The van der Waals surface area contributed by atoms with E-state index in [1.54, 1.807) is 13.8 Å². The summed E-state index contributed by atoms with van der Waals surface area (Å²) < 4.78 is 66.4. The summed E-state index contributed by atoms with van der Waals surface area (Å²) >= 11 is 0. The van der Waals surface area contributed by atoms with Gasteiger partial charge in [-0.3, -0.25) is 9.59 Å². The molecule has 0 aliphatic heterocycles. The maximum absolute atomic E-state index is 13.9. The van der Waals surface area contributed by atoms with E-state index in [0.717, 1.165) is 102 Å². The van der Waals surface area contributed by atoms with Crippen LogP contribution < -0.4 is 0 Å². The second-order valence-electron chi connectivity index (χ2n) is 15.7. The fourth-order valence-corrected chi connectivity index (χ4v) is 6.49. The van der Waals surface area contributed by atoms with E-state index < -0.39 is 24.1 Å². The number of carbonyl (C=O) groups excluding carboxylic acids is 2. The van der Waals surface area contributed by atoms with Gasteiger partial charge in [0.15, 0.2) is 0 Å². The number of unbranched alkanes of at least 4 members (excludes halogenated alkanes) is 14. The molecule has 0 bridgehead atoms. The molecule has 53 heavy (non-hydrogen) atoms. The fourth-order valence-electron chi connectivity index (χ4n) is 6.49. The van der Waals surface area contributed by atoms with Crippen molar-refractivity contribution >= 4 is 11.9 Å². The average Bonchev–Trinajstić information content (AvgIpc) is 3.08. The Balaban J connectivity index is 4.31. The van der Waals surface area contributed by atoms with Crippen LogP contribution in [0.25, 0.3) is 0 Å². The van der Waals surface area contributed by atoms with Crippen LogP contribution in [-0.4, -0.2) is 61.5 Å². The zero-order valence-electron chi connectivity index (χ0n) is 34.7. The minimum absolute atomic E-state index is 0.174. The first-order chi connectivity index (χ1) is 25.2. The van der Waals surface area contributed by atoms with Crippen molar-refractivity contribution in [2.45, 2.75) is 219 Å². The van der Waals surface area contributed by atoms with Gasteiger partial charge < -0.3 is 14.4 Å². The third-order valence-electron chi connectivity index (χ3n) is 9.79. The molecule has 312 valence electrons. The Bertz CT molecular complexity index is 890. The number of rotatable bonds is 36. The number of halogens is 4. The summed E-state index contributed by atoms with van der Waals surface area (Å²) in [5.41, 5.74) is 0. The van der Waals surface area contributed by atoms with Gasteiger partial charge in [-0.15, -0.1) is 0 Å². The van der Waals surface area contributed by atoms with Crippen molar-refractivity contribution in [2.24, 2.45) is 5.92 Å². The van der Waals surface area contributed by atoms with Crippen molar-refractivity contribution in [3.63, 3.8) is 0 Å². The summed E-state index contributed by atoms with van der Waals surface area (Å²) in [5.74, 6) is -5.65. The van der Waals surface area contributed by atoms with Gasteiger partial charge in [0.05, 0.1) is 0 Å². The normalized spacial score (nSPS) is 14.3. The Morgan fingerprint density at radius 3 is 1.28 bits per heavy atom. The predicted molar refractivity (Wildman–Crippen MR) is 213 cm³/mol. The van der Waals surface area contributed by atoms with Crippen LogP contribution in [0.5, 0.6) is 0 Å². The lowest BCUT2D eigenvalue weighted by Crippen LogP contribution is -2.16. The Morgan fingerprint density at radius 2 is 0.906 bits per heavy atom. The van der Waals surface area contributed by atoms with E-state index in [9.17, 15) is 27.2 Å². The van der Waals surface area contributed by atoms with E-state index in [0.29, 0.717) is 25.7 Å². The lowest BCUT2D eigenvalue weighted by Gasteiger charge is -2.17. The molecule has 0 aliphatic carbocycles. The molecule has 0 fully saturated rings. The maximum Gasteiger partial charge on any atom is 0.306 e. The van der Waals surface area contributed by atoms with E-state index in [2.05, 4.69) is 19.0 Å². The minimum Gasteiger partial charge on any atom is -0.458 e. The molecule has 0 aromatic heterocycles. The topological polar surface area (TPSA) is 55.8 Å². The number of ether oxygens (including phenoxy) is 2. The summed E-state index contributed by atoms with van der Waals surface area (Å²) in [6.07, 6.45) is 25.4. The molecule has 0 spiro atoms. The SMILES string of the molecule is CCCCCC(F)(F)/C=C\C(C)OC(=O)CCCCCCCC(CCCCCCCC(=O)OC(C)/C=C\C(F)(F)CCCCC)CCCCCN(C)C. The highest BCUT2D eigenvalue weighted by atomic mass is 19.3. The minimum atomic E-state index is -2.86.